The zero-order valence-electron chi connectivity index (χ0n) is 19.1. The van der Waals surface area contributed by atoms with Crippen LogP contribution in [0.15, 0.2) is 132 Å². The van der Waals surface area contributed by atoms with Gasteiger partial charge in [-0.05, 0) is 48.0 Å². The molecule has 1 atom stereocenters. The fourth-order valence-corrected chi connectivity index (χ4v) is 5.39. The first-order valence-electron chi connectivity index (χ1n) is 11.6. The van der Waals surface area contributed by atoms with Crippen LogP contribution >= 0.6 is 15.9 Å². The predicted octanol–water partition coefficient (Wildman–Crippen LogP) is 10.2. The molecule has 5 aromatic rings. The van der Waals surface area contributed by atoms with E-state index >= 15 is 0 Å². The number of hydrogen-bond donors (Lipinski definition) is 0. The van der Waals surface area contributed by atoms with Gasteiger partial charge in [0.15, 0.2) is 11.4 Å². The smallest absolute Gasteiger partial charge is 0.157 e. The van der Waals surface area contributed by atoms with Crippen LogP contribution in [0.25, 0.3) is 17.2 Å². The average Bonchev–Trinajstić information content (AvgIpc) is 3.20. The van der Waals surface area contributed by atoms with Crippen molar-refractivity contribution in [1.82, 2.24) is 4.48 Å². The van der Waals surface area contributed by atoms with Crippen molar-refractivity contribution in [3.05, 3.63) is 138 Å². The van der Waals surface area contributed by atoms with Crippen molar-refractivity contribution in [2.45, 2.75) is 0 Å². The molecular weight excluding hydrogens is 494 g/mol. The molecule has 0 aromatic heterocycles. The van der Waals surface area contributed by atoms with Gasteiger partial charge in [0, 0.05) is 40.9 Å². The van der Waals surface area contributed by atoms with Gasteiger partial charge in [-0.25, -0.2) is 0 Å². The molecule has 0 amide bonds. The number of ether oxygens (including phenoxy) is 1. The minimum absolute atomic E-state index is 0.514. The second kappa shape index (κ2) is 8.70. The van der Waals surface area contributed by atoms with Gasteiger partial charge in [0.25, 0.3) is 0 Å². The van der Waals surface area contributed by atoms with Crippen LogP contribution in [0.2, 0.25) is 0 Å². The molecule has 6 rings (SSSR count). The van der Waals surface area contributed by atoms with E-state index in [1.807, 2.05) is 30.3 Å². The second-order valence-corrected chi connectivity index (χ2v) is 9.47. The highest BCUT2D eigenvalue weighted by Gasteiger charge is 2.47. The molecule has 3 heteroatoms. The first-order chi connectivity index (χ1) is 17.2. The molecule has 35 heavy (non-hydrogen) atoms. The fourth-order valence-electron chi connectivity index (χ4n) is 5.04. The summed E-state index contributed by atoms with van der Waals surface area (Å²) in [5, 5.41) is 0. The zero-order valence-corrected chi connectivity index (χ0v) is 20.7. The van der Waals surface area contributed by atoms with Crippen LogP contribution in [0, 0.1) is 0 Å². The monoisotopic (exact) mass is 516 g/mol. The van der Waals surface area contributed by atoms with Gasteiger partial charge in [-0.1, -0.05) is 71.0 Å². The van der Waals surface area contributed by atoms with Gasteiger partial charge in [-0.15, -0.1) is 0 Å². The molecule has 1 aliphatic rings. The molecule has 1 aliphatic heterocycles. The Bertz CT molecular complexity index is 1520. The third kappa shape index (κ3) is 3.52. The van der Waals surface area contributed by atoms with E-state index in [9.17, 15) is 0 Å². The topological polar surface area (TPSA) is 9.23 Å². The van der Waals surface area contributed by atoms with Crippen molar-refractivity contribution < 1.29 is 4.74 Å². The molecule has 1 heterocycles. The average molecular weight is 517 g/mol. The lowest BCUT2D eigenvalue weighted by Crippen LogP contribution is -2.31. The number of nitrogens with zero attached hydrogens (tertiary/aromatic N) is 1. The highest BCUT2D eigenvalue weighted by atomic mass is 79.9. The fraction of sp³-hybridized carbons (Fsp3) is 0. The Labute approximate surface area is 214 Å². The van der Waals surface area contributed by atoms with E-state index in [1.165, 1.54) is 28.2 Å². The summed E-state index contributed by atoms with van der Waals surface area (Å²) < 4.78 is 7.72. The molecule has 0 radical (unpaired) electrons. The van der Waals surface area contributed by atoms with Crippen LogP contribution in [0.1, 0.15) is 5.56 Å². The first kappa shape index (κ1) is 21.6. The number of benzene rings is 5. The van der Waals surface area contributed by atoms with Crippen molar-refractivity contribution in [2.75, 3.05) is 0 Å². The molecule has 0 saturated heterocycles. The summed E-state index contributed by atoms with van der Waals surface area (Å²) in [6.45, 7) is 3.82. The van der Waals surface area contributed by atoms with Crippen LogP contribution in [0.5, 0.6) is 11.5 Å². The summed E-state index contributed by atoms with van der Waals surface area (Å²) in [5.41, 5.74) is 8.36. The number of hydrogen-bond acceptors (Lipinski definition) is 1. The summed E-state index contributed by atoms with van der Waals surface area (Å²) in [6.07, 6.45) is 1.83. The highest BCUT2D eigenvalue weighted by Crippen LogP contribution is 2.62. The first-order valence-corrected chi connectivity index (χ1v) is 12.4. The van der Waals surface area contributed by atoms with E-state index in [0.29, 0.717) is 4.48 Å². The molecule has 5 aromatic carbocycles. The minimum atomic E-state index is 0.514. The van der Waals surface area contributed by atoms with Crippen molar-refractivity contribution in [3.8, 4) is 22.6 Å². The van der Waals surface area contributed by atoms with E-state index < -0.39 is 0 Å². The van der Waals surface area contributed by atoms with Crippen molar-refractivity contribution in [3.63, 3.8) is 0 Å². The molecule has 0 fully saturated rings. The molecule has 0 aliphatic carbocycles. The van der Waals surface area contributed by atoms with Gasteiger partial charge in [0.1, 0.15) is 22.9 Å². The van der Waals surface area contributed by atoms with Crippen molar-refractivity contribution >= 4 is 44.8 Å². The molecule has 1 unspecified atom stereocenters. The predicted molar refractivity (Wildman–Crippen MR) is 150 cm³/mol. The normalized spacial score (nSPS) is 15.8. The lowest BCUT2D eigenvalue weighted by molar-refractivity contribution is 0.482. The highest BCUT2D eigenvalue weighted by molar-refractivity contribution is 9.10. The number of para-hydroxylation sites is 2. The van der Waals surface area contributed by atoms with Gasteiger partial charge in [0.2, 0.25) is 0 Å². The van der Waals surface area contributed by atoms with Gasteiger partial charge in [-0.2, -0.15) is 4.48 Å². The Kier molecular flexibility index (Phi) is 5.37. The Morgan fingerprint density at radius 3 is 1.91 bits per heavy atom. The second-order valence-electron chi connectivity index (χ2n) is 8.55. The van der Waals surface area contributed by atoms with Crippen molar-refractivity contribution in [1.29, 1.82) is 0 Å². The molecule has 0 bridgehead atoms. The van der Waals surface area contributed by atoms with E-state index in [1.54, 1.807) is 0 Å². The van der Waals surface area contributed by atoms with E-state index in [-0.39, 0.29) is 0 Å². The van der Waals surface area contributed by atoms with Gasteiger partial charge in [0.05, 0.1) is 11.1 Å². The Hall–Kier alpha value is -3.92. The Morgan fingerprint density at radius 1 is 0.600 bits per heavy atom. The van der Waals surface area contributed by atoms with Crippen LogP contribution in [-0.4, -0.2) is 0 Å². The summed E-state index contributed by atoms with van der Waals surface area (Å²) in [5.74, 6) is 1.60. The standard InChI is InChI=1S/C32H23BrNO/c1-2-23-12-17-27(18-13-23)35-28-19-15-26(16-20-28)34(25-8-4-3-5-9-25)31-11-7-6-10-29(31)30-21-14-24(33)22-32(30)34/h2-22H,1H2/q+1. The molecule has 0 saturated carbocycles. The SMILES string of the molecule is C=Cc1ccc(Oc2ccc([N+]3(c4ccccc4)c4ccccc4-c4ccc(Br)cc43)cc2)cc1. The van der Waals surface area contributed by atoms with E-state index in [4.69, 9.17) is 4.74 Å². The largest absolute Gasteiger partial charge is 0.457 e. The minimum Gasteiger partial charge on any atom is -0.457 e. The van der Waals surface area contributed by atoms with Gasteiger partial charge < -0.3 is 4.74 Å². The van der Waals surface area contributed by atoms with Crippen LogP contribution in [0.3, 0.4) is 0 Å². The quantitative estimate of drug-likeness (QED) is 0.207. The zero-order chi connectivity index (χ0) is 23.8. The molecule has 0 N–H and O–H groups in total. The third-order valence-corrected chi connectivity index (χ3v) is 7.09. The van der Waals surface area contributed by atoms with Crippen molar-refractivity contribution in [2.24, 2.45) is 0 Å². The molecule has 0 spiro atoms. The molecular formula is C32H23BrNO+. The number of quaternary nitrogens is 1. The number of halogens is 1. The van der Waals surface area contributed by atoms with Crippen LogP contribution < -0.4 is 9.22 Å². The molecule has 168 valence electrons. The number of rotatable bonds is 5. The Balaban J connectivity index is 1.52. The summed E-state index contributed by atoms with van der Waals surface area (Å²) in [4.78, 5) is 0. The molecule has 2 nitrogen and oxygen atoms in total. The van der Waals surface area contributed by atoms with Gasteiger partial charge in [-0.3, -0.25) is 0 Å². The summed E-state index contributed by atoms with van der Waals surface area (Å²) >= 11 is 3.73. The maximum Gasteiger partial charge on any atom is 0.157 e. The maximum atomic E-state index is 6.14. The lowest BCUT2D eigenvalue weighted by Gasteiger charge is -2.34. The van der Waals surface area contributed by atoms with E-state index in [2.05, 4.69) is 120 Å². The summed E-state index contributed by atoms with van der Waals surface area (Å²) in [6, 6.07) is 42.4. The van der Waals surface area contributed by atoms with Gasteiger partial charge >= 0.3 is 0 Å². The van der Waals surface area contributed by atoms with E-state index in [0.717, 1.165) is 27.2 Å². The Morgan fingerprint density at radius 2 is 1.20 bits per heavy atom. The summed E-state index contributed by atoms with van der Waals surface area (Å²) in [7, 11) is 0. The lowest BCUT2D eigenvalue weighted by atomic mass is 10.1. The van der Waals surface area contributed by atoms with Crippen LogP contribution in [-0.2, 0) is 0 Å². The number of fused-ring (bicyclic) bond motifs is 3. The maximum absolute atomic E-state index is 6.14. The third-order valence-electron chi connectivity index (χ3n) is 6.60. The van der Waals surface area contributed by atoms with Crippen LogP contribution in [0.4, 0.5) is 22.7 Å².